The molecular formula is C21H24ClN3O2. The Morgan fingerprint density at radius 1 is 1.04 bits per heavy atom. The van der Waals surface area contributed by atoms with Crippen molar-refractivity contribution in [2.45, 2.75) is 19.8 Å². The summed E-state index contributed by atoms with van der Waals surface area (Å²) in [6.07, 6.45) is 2.43. The van der Waals surface area contributed by atoms with Gasteiger partial charge in [-0.25, -0.2) is 0 Å². The molecule has 2 aromatic carbocycles. The van der Waals surface area contributed by atoms with Gasteiger partial charge in [0.25, 0.3) is 5.91 Å². The minimum atomic E-state index is -0.309. The second kappa shape index (κ2) is 8.91. The Hall–Kier alpha value is -2.53. The van der Waals surface area contributed by atoms with Crippen molar-refractivity contribution in [2.24, 2.45) is 5.92 Å². The maximum absolute atomic E-state index is 12.1. The summed E-state index contributed by atoms with van der Waals surface area (Å²) in [4.78, 5) is 26.5. The van der Waals surface area contributed by atoms with E-state index < -0.39 is 0 Å². The molecule has 2 amide bonds. The van der Waals surface area contributed by atoms with Gasteiger partial charge in [-0.1, -0.05) is 18.5 Å². The molecule has 1 heterocycles. The molecule has 1 saturated heterocycles. The fraction of sp³-hybridized carbons (Fsp3) is 0.333. The molecule has 5 nitrogen and oxygen atoms in total. The Morgan fingerprint density at radius 3 is 2.30 bits per heavy atom. The molecule has 27 heavy (non-hydrogen) atoms. The molecule has 0 aromatic heterocycles. The van der Waals surface area contributed by atoms with E-state index in [1.807, 2.05) is 24.3 Å². The topological polar surface area (TPSA) is 61.4 Å². The molecule has 0 bridgehead atoms. The number of carbonyl (C=O) groups excluding carboxylic acids is 2. The summed E-state index contributed by atoms with van der Waals surface area (Å²) in [6, 6.07) is 14.4. The van der Waals surface area contributed by atoms with Gasteiger partial charge in [0.2, 0.25) is 5.91 Å². The normalized spacial score (nSPS) is 14.7. The quantitative estimate of drug-likeness (QED) is 0.819. The summed E-state index contributed by atoms with van der Waals surface area (Å²) in [6.45, 7) is 4.35. The SMILES string of the molecule is CC1CCN(c2ccc(NC(=O)CNC(=O)c3ccc(Cl)cc3)cc2)CC1. The first-order valence-electron chi connectivity index (χ1n) is 9.20. The predicted molar refractivity (Wildman–Crippen MR) is 109 cm³/mol. The molecule has 0 unspecified atom stereocenters. The third-order valence-corrected chi connectivity index (χ3v) is 5.07. The van der Waals surface area contributed by atoms with Crippen molar-refractivity contribution in [3.63, 3.8) is 0 Å². The molecule has 1 fully saturated rings. The van der Waals surface area contributed by atoms with E-state index in [2.05, 4.69) is 22.5 Å². The van der Waals surface area contributed by atoms with Crippen LogP contribution in [0.25, 0.3) is 0 Å². The molecule has 2 N–H and O–H groups in total. The molecule has 1 aliphatic heterocycles. The van der Waals surface area contributed by atoms with Gasteiger partial charge in [0.05, 0.1) is 6.54 Å². The van der Waals surface area contributed by atoms with Crippen molar-refractivity contribution < 1.29 is 9.59 Å². The first-order valence-corrected chi connectivity index (χ1v) is 9.57. The molecule has 0 radical (unpaired) electrons. The van der Waals surface area contributed by atoms with Crippen LogP contribution in [0.3, 0.4) is 0 Å². The van der Waals surface area contributed by atoms with Gasteiger partial charge >= 0.3 is 0 Å². The minimum Gasteiger partial charge on any atom is -0.372 e. The number of amides is 2. The molecule has 6 heteroatoms. The Morgan fingerprint density at radius 2 is 1.67 bits per heavy atom. The van der Waals surface area contributed by atoms with Crippen LogP contribution >= 0.6 is 11.6 Å². The molecule has 0 aliphatic carbocycles. The lowest BCUT2D eigenvalue weighted by Crippen LogP contribution is -2.33. The van der Waals surface area contributed by atoms with E-state index in [0.717, 1.165) is 24.7 Å². The first-order chi connectivity index (χ1) is 13.0. The average molecular weight is 386 g/mol. The third kappa shape index (κ3) is 5.47. The van der Waals surface area contributed by atoms with E-state index in [-0.39, 0.29) is 18.4 Å². The minimum absolute atomic E-state index is 0.0901. The standard InChI is InChI=1S/C21H24ClN3O2/c1-15-10-12-25(13-11-15)19-8-6-18(7-9-19)24-20(26)14-23-21(27)16-2-4-17(22)5-3-16/h2-9,15H,10-14H2,1H3,(H,23,27)(H,24,26). The van der Waals surface area contributed by atoms with Crippen molar-refractivity contribution >= 4 is 34.8 Å². The Labute approximate surface area is 164 Å². The number of nitrogens with zero attached hydrogens (tertiary/aromatic N) is 1. The molecule has 0 spiro atoms. The van der Waals surface area contributed by atoms with E-state index in [4.69, 9.17) is 11.6 Å². The number of hydrogen-bond acceptors (Lipinski definition) is 3. The predicted octanol–water partition coefficient (Wildman–Crippen LogP) is 3.94. The number of anilines is 2. The number of hydrogen-bond donors (Lipinski definition) is 2. The number of halogens is 1. The maximum atomic E-state index is 12.1. The van der Waals surface area contributed by atoms with Gasteiger partial charge in [-0.3, -0.25) is 9.59 Å². The van der Waals surface area contributed by atoms with Gasteiger partial charge < -0.3 is 15.5 Å². The zero-order chi connectivity index (χ0) is 19.2. The average Bonchev–Trinajstić information content (AvgIpc) is 2.68. The van der Waals surface area contributed by atoms with Gasteiger partial charge in [0.15, 0.2) is 0 Å². The Balaban J connectivity index is 1.47. The van der Waals surface area contributed by atoms with E-state index in [0.29, 0.717) is 10.6 Å². The van der Waals surface area contributed by atoms with Crippen molar-refractivity contribution in [1.29, 1.82) is 0 Å². The summed E-state index contributed by atoms with van der Waals surface area (Å²) >= 11 is 5.80. The van der Waals surface area contributed by atoms with Crippen molar-refractivity contribution in [3.05, 3.63) is 59.1 Å². The monoisotopic (exact) mass is 385 g/mol. The molecule has 0 atom stereocenters. The van der Waals surface area contributed by atoms with Crippen LogP contribution in [0.4, 0.5) is 11.4 Å². The van der Waals surface area contributed by atoms with Gasteiger partial charge in [-0.2, -0.15) is 0 Å². The molecule has 1 aliphatic rings. The highest BCUT2D eigenvalue weighted by Gasteiger charge is 2.16. The molecule has 3 rings (SSSR count). The van der Waals surface area contributed by atoms with E-state index in [1.54, 1.807) is 24.3 Å². The lowest BCUT2D eigenvalue weighted by atomic mass is 9.99. The maximum Gasteiger partial charge on any atom is 0.251 e. The molecular weight excluding hydrogens is 362 g/mol. The molecule has 0 saturated carbocycles. The first kappa shape index (κ1) is 19.2. The van der Waals surface area contributed by atoms with Crippen molar-refractivity contribution in [1.82, 2.24) is 5.32 Å². The van der Waals surface area contributed by atoms with Crippen LogP contribution in [0.5, 0.6) is 0 Å². The molecule has 2 aromatic rings. The largest absolute Gasteiger partial charge is 0.372 e. The van der Waals surface area contributed by atoms with Crippen LogP contribution in [-0.2, 0) is 4.79 Å². The number of rotatable bonds is 5. The van der Waals surface area contributed by atoms with Crippen LogP contribution in [0.15, 0.2) is 48.5 Å². The number of carbonyl (C=O) groups is 2. The smallest absolute Gasteiger partial charge is 0.251 e. The van der Waals surface area contributed by atoms with Crippen LogP contribution in [-0.4, -0.2) is 31.4 Å². The van der Waals surface area contributed by atoms with Gasteiger partial charge in [0.1, 0.15) is 0 Å². The lowest BCUT2D eigenvalue weighted by Gasteiger charge is -2.32. The summed E-state index contributed by atoms with van der Waals surface area (Å²) in [5, 5.41) is 5.97. The second-order valence-corrected chi connectivity index (χ2v) is 7.39. The Kier molecular flexibility index (Phi) is 6.35. The van der Waals surface area contributed by atoms with Gasteiger partial charge in [-0.05, 0) is 67.3 Å². The third-order valence-electron chi connectivity index (χ3n) is 4.82. The van der Waals surface area contributed by atoms with E-state index in [9.17, 15) is 9.59 Å². The second-order valence-electron chi connectivity index (χ2n) is 6.95. The van der Waals surface area contributed by atoms with Crippen LogP contribution in [0.2, 0.25) is 5.02 Å². The highest BCUT2D eigenvalue weighted by atomic mass is 35.5. The highest BCUT2D eigenvalue weighted by molar-refractivity contribution is 6.30. The zero-order valence-electron chi connectivity index (χ0n) is 15.4. The summed E-state index contributed by atoms with van der Waals surface area (Å²) < 4.78 is 0. The van der Waals surface area contributed by atoms with Crippen LogP contribution in [0, 0.1) is 5.92 Å². The zero-order valence-corrected chi connectivity index (χ0v) is 16.1. The lowest BCUT2D eigenvalue weighted by molar-refractivity contribution is -0.115. The fourth-order valence-electron chi connectivity index (χ4n) is 3.09. The fourth-order valence-corrected chi connectivity index (χ4v) is 3.22. The van der Waals surface area contributed by atoms with Crippen molar-refractivity contribution in [2.75, 3.05) is 29.9 Å². The van der Waals surface area contributed by atoms with E-state index in [1.165, 1.54) is 18.5 Å². The summed E-state index contributed by atoms with van der Waals surface area (Å²) in [7, 11) is 0. The van der Waals surface area contributed by atoms with Crippen LogP contribution < -0.4 is 15.5 Å². The highest BCUT2D eigenvalue weighted by Crippen LogP contribution is 2.24. The number of piperidine rings is 1. The number of benzene rings is 2. The molecule has 142 valence electrons. The Bertz CT molecular complexity index is 782. The van der Waals surface area contributed by atoms with Gasteiger partial charge in [0, 0.05) is 35.1 Å². The summed E-state index contributed by atoms with van der Waals surface area (Å²) in [5.74, 6) is 0.219. The van der Waals surface area contributed by atoms with E-state index >= 15 is 0 Å². The van der Waals surface area contributed by atoms with Crippen molar-refractivity contribution in [3.8, 4) is 0 Å². The number of nitrogens with one attached hydrogen (secondary N) is 2. The van der Waals surface area contributed by atoms with Gasteiger partial charge in [-0.15, -0.1) is 0 Å². The van der Waals surface area contributed by atoms with Crippen LogP contribution in [0.1, 0.15) is 30.1 Å². The summed E-state index contributed by atoms with van der Waals surface area (Å²) in [5.41, 5.74) is 2.36.